The predicted molar refractivity (Wildman–Crippen MR) is 74.8 cm³/mol. The lowest BCUT2D eigenvalue weighted by atomic mass is 10.2. The van der Waals surface area contributed by atoms with Gasteiger partial charge in [0.15, 0.2) is 0 Å². The summed E-state index contributed by atoms with van der Waals surface area (Å²) in [5.74, 6) is 0.0134. The van der Waals surface area contributed by atoms with Gasteiger partial charge in [-0.3, -0.25) is 14.9 Å². The second kappa shape index (κ2) is 6.19. The van der Waals surface area contributed by atoms with E-state index in [1.54, 1.807) is 0 Å². The number of alkyl halides is 3. The first-order valence-electron chi connectivity index (χ1n) is 7.12. The maximum absolute atomic E-state index is 12.6. The fraction of sp³-hybridized carbons (Fsp3) is 0.429. The Morgan fingerprint density at radius 2 is 2.17 bits per heavy atom. The van der Waals surface area contributed by atoms with Crippen LogP contribution in [0.5, 0.6) is 0 Å². The van der Waals surface area contributed by atoms with Crippen LogP contribution in [0.2, 0.25) is 0 Å². The summed E-state index contributed by atoms with van der Waals surface area (Å²) in [5.41, 5.74) is -0.966. The summed E-state index contributed by atoms with van der Waals surface area (Å²) in [6.07, 6.45) is -2.20. The Morgan fingerprint density at radius 3 is 2.71 bits per heavy atom. The smallest absolute Gasteiger partial charge is 0.380 e. The molecule has 128 valence electrons. The number of halogens is 3. The molecule has 1 saturated heterocycles. The van der Waals surface area contributed by atoms with Crippen molar-refractivity contribution in [3.63, 3.8) is 0 Å². The molecular formula is C14H14F3N5O2. The number of pyridine rings is 1. The number of nitrogens with one attached hydrogen (secondary N) is 1. The van der Waals surface area contributed by atoms with Crippen LogP contribution in [0.1, 0.15) is 34.3 Å². The second-order valence-electron chi connectivity index (χ2n) is 5.37. The predicted octanol–water partition coefficient (Wildman–Crippen LogP) is 1.82. The zero-order valence-corrected chi connectivity index (χ0v) is 12.6. The molecule has 0 spiro atoms. The van der Waals surface area contributed by atoms with Crippen LogP contribution in [0, 0.1) is 0 Å². The molecule has 3 heterocycles. The van der Waals surface area contributed by atoms with Gasteiger partial charge in [0.1, 0.15) is 17.8 Å². The van der Waals surface area contributed by atoms with Crippen molar-refractivity contribution >= 4 is 5.91 Å². The number of carbonyl (C=O) groups excluding carboxylic acids is 1. The summed E-state index contributed by atoms with van der Waals surface area (Å²) in [5, 5.41) is 6.48. The van der Waals surface area contributed by atoms with E-state index in [2.05, 4.69) is 20.2 Å². The SMILES string of the molecule is CO[C@@H]1C[C@@H](c2ncn[nH]2)N(C(=O)c2ccc(C(F)(F)F)cn2)C1. The maximum Gasteiger partial charge on any atom is 0.417 e. The van der Waals surface area contributed by atoms with Crippen LogP contribution < -0.4 is 0 Å². The van der Waals surface area contributed by atoms with Crippen molar-refractivity contribution in [2.75, 3.05) is 13.7 Å². The van der Waals surface area contributed by atoms with Gasteiger partial charge in [-0.25, -0.2) is 4.98 Å². The van der Waals surface area contributed by atoms with Crippen LogP contribution in [0.25, 0.3) is 0 Å². The molecule has 1 fully saturated rings. The Hall–Kier alpha value is -2.49. The quantitative estimate of drug-likeness (QED) is 0.921. The van der Waals surface area contributed by atoms with E-state index in [1.807, 2.05) is 0 Å². The first-order valence-corrected chi connectivity index (χ1v) is 7.12. The minimum atomic E-state index is -4.49. The molecule has 0 saturated carbocycles. The summed E-state index contributed by atoms with van der Waals surface area (Å²) in [4.78, 5) is 21.8. The number of hydrogen-bond donors (Lipinski definition) is 1. The van der Waals surface area contributed by atoms with E-state index in [9.17, 15) is 18.0 Å². The average molecular weight is 341 g/mol. The van der Waals surface area contributed by atoms with Gasteiger partial charge >= 0.3 is 6.18 Å². The van der Waals surface area contributed by atoms with Crippen LogP contribution in [0.15, 0.2) is 24.7 Å². The third-order valence-corrected chi connectivity index (χ3v) is 3.92. The molecule has 0 aromatic carbocycles. The number of nitrogens with zero attached hydrogens (tertiary/aromatic N) is 4. The van der Waals surface area contributed by atoms with Crippen molar-refractivity contribution in [2.45, 2.75) is 24.7 Å². The van der Waals surface area contributed by atoms with Crippen LogP contribution >= 0.6 is 0 Å². The topological polar surface area (TPSA) is 84.0 Å². The number of carbonyl (C=O) groups is 1. The van der Waals surface area contributed by atoms with Crippen LogP contribution in [-0.2, 0) is 10.9 Å². The highest BCUT2D eigenvalue weighted by Crippen LogP contribution is 2.33. The maximum atomic E-state index is 12.6. The van der Waals surface area contributed by atoms with Gasteiger partial charge in [0, 0.05) is 26.3 Å². The van der Waals surface area contributed by atoms with Crippen molar-refractivity contribution < 1.29 is 22.7 Å². The number of rotatable bonds is 3. The Morgan fingerprint density at radius 1 is 1.38 bits per heavy atom. The number of amides is 1. The molecule has 24 heavy (non-hydrogen) atoms. The summed E-state index contributed by atoms with van der Waals surface area (Å²) >= 11 is 0. The Balaban J connectivity index is 1.84. The number of aromatic amines is 1. The molecule has 3 rings (SSSR count). The number of likely N-dealkylation sites (tertiary alicyclic amines) is 1. The lowest BCUT2D eigenvalue weighted by Gasteiger charge is -2.22. The number of H-pyrrole nitrogens is 1. The third kappa shape index (κ3) is 3.09. The van der Waals surface area contributed by atoms with Crippen LogP contribution in [0.4, 0.5) is 13.2 Å². The fourth-order valence-electron chi connectivity index (χ4n) is 2.66. The molecule has 2 aromatic heterocycles. The molecule has 1 aliphatic rings. The molecule has 1 N–H and O–H groups in total. The summed E-state index contributed by atoms with van der Waals surface area (Å²) < 4.78 is 43.1. The average Bonchev–Trinajstić information content (AvgIpc) is 3.22. The van der Waals surface area contributed by atoms with E-state index in [1.165, 1.54) is 18.3 Å². The minimum absolute atomic E-state index is 0.0655. The van der Waals surface area contributed by atoms with Gasteiger partial charge in [-0.2, -0.15) is 18.3 Å². The number of ether oxygens (including phenoxy) is 1. The lowest BCUT2D eigenvalue weighted by molar-refractivity contribution is -0.137. The van der Waals surface area contributed by atoms with Gasteiger partial charge in [0.25, 0.3) is 5.91 Å². The number of hydrogen-bond acceptors (Lipinski definition) is 5. The van der Waals surface area contributed by atoms with Crippen LogP contribution in [0.3, 0.4) is 0 Å². The van der Waals surface area contributed by atoms with Crippen molar-refractivity contribution in [1.29, 1.82) is 0 Å². The normalized spacial score (nSPS) is 21.2. The number of methoxy groups -OCH3 is 1. The zero-order valence-electron chi connectivity index (χ0n) is 12.6. The molecule has 0 bridgehead atoms. The third-order valence-electron chi connectivity index (χ3n) is 3.92. The van der Waals surface area contributed by atoms with Gasteiger partial charge < -0.3 is 9.64 Å². The molecule has 0 unspecified atom stereocenters. The Kier molecular flexibility index (Phi) is 4.22. The van der Waals surface area contributed by atoms with Crippen molar-refractivity contribution in [1.82, 2.24) is 25.1 Å². The van der Waals surface area contributed by atoms with E-state index in [0.717, 1.165) is 12.1 Å². The molecule has 1 amide bonds. The van der Waals surface area contributed by atoms with E-state index in [-0.39, 0.29) is 11.8 Å². The highest BCUT2D eigenvalue weighted by Gasteiger charge is 2.39. The largest absolute Gasteiger partial charge is 0.417 e. The standard InChI is InChI=1S/C14H14F3N5O2/c1-24-9-4-11(12-19-7-20-21-12)22(6-9)13(23)10-3-2-8(5-18-10)14(15,16)17/h2-3,5,7,9,11H,4,6H2,1H3,(H,19,20,21)/t9-,11+/m1/s1. The Bertz CT molecular complexity index is 702. The second-order valence-corrected chi connectivity index (χ2v) is 5.37. The van der Waals surface area contributed by atoms with Crippen molar-refractivity contribution in [3.05, 3.63) is 41.7 Å². The molecule has 0 aliphatic carbocycles. The molecular weight excluding hydrogens is 327 g/mol. The van der Waals surface area contributed by atoms with Crippen LogP contribution in [-0.4, -0.2) is 50.7 Å². The summed E-state index contributed by atoms with van der Waals surface area (Å²) in [7, 11) is 1.53. The van der Waals surface area contributed by atoms with Gasteiger partial charge in [-0.05, 0) is 12.1 Å². The monoisotopic (exact) mass is 341 g/mol. The lowest BCUT2D eigenvalue weighted by Crippen LogP contribution is -2.33. The fourth-order valence-corrected chi connectivity index (χ4v) is 2.66. The van der Waals surface area contributed by atoms with E-state index >= 15 is 0 Å². The molecule has 10 heteroatoms. The molecule has 2 atom stereocenters. The zero-order chi connectivity index (χ0) is 17.3. The minimum Gasteiger partial charge on any atom is -0.380 e. The number of aromatic nitrogens is 4. The van der Waals surface area contributed by atoms with Gasteiger partial charge in [-0.15, -0.1) is 0 Å². The van der Waals surface area contributed by atoms with Gasteiger partial charge in [0.05, 0.1) is 17.7 Å². The van der Waals surface area contributed by atoms with Gasteiger partial charge in [-0.1, -0.05) is 0 Å². The Labute approximate surface area is 134 Å². The molecule has 0 radical (unpaired) electrons. The molecule has 1 aliphatic heterocycles. The highest BCUT2D eigenvalue weighted by atomic mass is 19.4. The van der Waals surface area contributed by atoms with E-state index in [4.69, 9.17) is 4.74 Å². The summed E-state index contributed by atoms with van der Waals surface area (Å²) in [6.45, 7) is 0.295. The van der Waals surface area contributed by atoms with Gasteiger partial charge in [0.2, 0.25) is 0 Å². The van der Waals surface area contributed by atoms with E-state index in [0.29, 0.717) is 25.0 Å². The first kappa shape index (κ1) is 16.4. The van der Waals surface area contributed by atoms with E-state index < -0.39 is 23.7 Å². The van der Waals surface area contributed by atoms with Crippen molar-refractivity contribution in [3.8, 4) is 0 Å². The van der Waals surface area contributed by atoms with Crippen molar-refractivity contribution in [2.24, 2.45) is 0 Å². The highest BCUT2D eigenvalue weighted by molar-refractivity contribution is 5.92. The summed E-state index contributed by atoms with van der Waals surface area (Å²) in [6, 6.07) is 1.52. The first-order chi connectivity index (χ1) is 11.4. The molecule has 2 aromatic rings. The molecule has 7 nitrogen and oxygen atoms in total.